The molecule has 2 unspecified atom stereocenters. The number of hydrogen-bond acceptors (Lipinski definition) is 4. The van der Waals surface area contributed by atoms with Crippen molar-refractivity contribution in [2.75, 3.05) is 12.3 Å². The van der Waals surface area contributed by atoms with Gasteiger partial charge in [-0.2, -0.15) is 4.31 Å². The molecule has 0 bridgehead atoms. The summed E-state index contributed by atoms with van der Waals surface area (Å²) >= 11 is 0. The van der Waals surface area contributed by atoms with Crippen molar-refractivity contribution in [2.45, 2.75) is 58.0 Å². The van der Waals surface area contributed by atoms with Crippen molar-refractivity contribution >= 4 is 21.9 Å². The molecular formula is C13H24N2O5S. The predicted octanol–water partition coefficient (Wildman–Crippen LogP) is 0.560. The van der Waals surface area contributed by atoms with E-state index in [4.69, 9.17) is 5.11 Å². The lowest BCUT2D eigenvalue weighted by Crippen LogP contribution is -2.48. The van der Waals surface area contributed by atoms with Gasteiger partial charge in [0, 0.05) is 19.0 Å². The highest BCUT2D eigenvalue weighted by Crippen LogP contribution is 2.22. The number of carboxylic acid groups (broad SMARTS) is 1. The van der Waals surface area contributed by atoms with Crippen LogP contribution in [0.4, 0.5) is 0 Å². The molecule has 1 amide bonds. The Kier molecular flexibility index (Phi) is 6.60. The fourth-order valence-electron chi connectivity index (χ4n) is 2.46. The Balaban J connectivity index is 2.62. The molecule has 1 aliphatic rings. The highest BCUT2D eigenvalue weighted by Gasteiger charge is 2.38. The molecule has 0 spiro atoms. The van der Waals surface area contributed by atoms with Gasteiger partial charge in [-0.05, 0) is 32.6 Å². The van der Waals surface area contributed by atoms with E-state index in [1.54, 1.807) is 13.8 Å². The molecule has 0 saturated carbocycles. The van der Waals surface area contributed by atoms with Crippen LogP contribution in [0.2, 0.25) is 0 Å². The number of hydrogen-bond donors (Lipinski definition) is 2. The van der Waals surface area contributed by atoms with Crippen LogP contribution in [-0.4, -0.2) is 54.1 Å². The molecule has 0 radical (unpaired) electrons. The second-order valence-electron chi connectivity index (χ2n) is 5.43. The SMILES string of the molecule is CCCS(=O)(=O)N1CCCC1C(=O)NC(C)CCC(=O)O. The maximum Gasteiger partial charge on any atom is 0.303 e. The lowest BCUT2D eigenvalue weighted by atomic mass is 10.1. The number of rotatable bonds is 8. The summed E-state index contributed by atoms with van der Waals surface area (Å²) < 4.78 is 25.5. The molecule has 2 atom stereocenters. The predicted molar refractivity (Wildman–Crippen MR) is 78.3 cm³/mol. The van der Waals surface area contributed by atoms with Gasteiger partial charge in [-0.3, -0.25) is 9.59 Å². The number of nitrogens with zero attached hydrogens (tertiary/aromatic N) is 1. The van der Waals surface area contributed by atoms with E-state index >= 15 is 0 Å². The Morgan fingerprint density at radius 1 is 1.43 bits per heavy atom. The quantitative estimate of drug-likeness (QED) is 0.680. The monoisotopic (exact) mass is 320 g/mol. The van der Waals surface area contributed by atoms with Crippen LogP contribution in [0, 0.1) is 0 Å². The van der Waals surface area contributed by atoms with Gasteiger partial charge in [-0.1, -0.05) is 6.92 Å². The number of carboxylic acids is 1. The summed E-state index contributed by atoms with van der Waals surface area (Å²) in [5, 5.41) is 11.3. The zero-order chi connectivity index (χ0) is 16.0. The van der Waals surface area contributed by atoms with Crippen LogP contribution in [0.15, 0.2) is 0 Å². The first-order valence-electron chi connectivity index (χ1n) is 7.29. The molecule has 1 aliphatic heterocycles. The van der Waals surface area contributed by atoms with Crippen molar-refractivity contribution < 1.29 is 23.1 Å². The molecule has 21 heavy (non-hydrogen) atoms. The Morgan fingerprint density at radius 2 is 2.10 bits per heavy atom. The summed E-state index contributed by atoms with van der Waals surface area (Å²) in [5.41, 5.74) is 0. The van der Waals surface area contributed by atoms with Gasteiger partial charge in [0.05, 0.1) is 5.75 Å². The number of carbonyl (C=O) groups is 2. The van der Waals surface area contributed by atoms with Gasteiger partial charge in [0.25, 0.3) is 0 Å². The summed E-state index contributed by atoms with van der Waals surface area (Å²) in [6, 6.07) is -0.946. The highest BCUT2D eigenvalue weighted by molar-refractivity contribution is 7.89. The summed E-state index contributed by atoms with van der Waals surface area (Å²) in [7, 11) is -3.39. The number of sulfonamides is 1. The average Bonchev–Trinajstić information content (AvgIpc) is 2.86. The van der Waals surface area contributed by atoms with Gasteiger partial charge in [-0.25, -0.2) is 8.42 Å². The van der Waals surface area contributed by atoms with E-state index in [0.717, 1.165) is 0 Å². The molecule has 122 valence electrons. The first-order chi connectivity index (χ1) is 9.77. The standard InChI is InChI=1S/C13H24N2O5S/c1-3-9-21(19,20)15-8-4-5-11(15)13(18)14-10(2)6-7-12(16)17/h10-11H,3-9H2,1-2H3,(H,14,18)(H,16,17). The molecule has 1 fully saturated rings. The maximum absolute atomic E-state index is 12.2. The molecule has 0 aromatic rings. The lowest BCUT2D eigenvalue weighted by molar-refractivity contribution is -0.137. The fraction of sp³-hybridized carbons (Fsp3) is 0.846. The van der Waals surface area contributed by atoms with Crippen LogP contribution in [0.25, 0.3) is 0 Å². The summed E-state index contributed by atoms with van der Waals surface area (Å²) in [6.45, 7) is 3.89. The molecule has 0 aromatic heterocycles. The zero-order valence-corrected chi connectivity index (χ0v) is 13.4. The van der Waals surface area contributed by atoms with Crippen molar-refractivity contribution in [1.29, 1.82) is 0 Å². The van der Waals surface area contributed by atoms with Crippen LogP contribution in [0.3, 0.4) is 0 Å². The maximum atomic E-state index is 12.2. The van der Waals surface area contributed by atoms with Crippen LogP contribution < -0.4 is 5.32 Å². The summed E-state index contributed by atoms with van der Waals surface area (Å²) in [4.78, 5) is 22.7. The van der Waals surface area contributed by atoms with Crippen molar-refractivity contribution in [1.82, 2.24) is 9.62 Å². The second-order valence-corrected chi connectivity index (χ2v) is 7.47. The fourth-order valence-corrected chi connectivity index (χ4v) is 4.21. The van der Waals surface area contributed by atoms with Crippen LogP contribution in [0.5, 0.6) is 0 Å². The van der Waals surface area contributed by atoms with E-state index in [9.17, 15) is 18.0 Å². The molecule has 1 rings (SSSR count). The molecule has 7 nitrogen and oxygen atoms in total. The normalized spacial score (nSPS) is 21.1. The van der Waals surface area contributed by atoms with Crippen LogP contribution in [-0.2, 0) is 19.6 Å². The average molecular weight is 320 g/mol. The van der Waals surface area contributed by atoms with E-state index in [-0.39, 0.29) is 24.1 Å². The van der Waals surface area contributed by atoms with E-state index in [2.05, 4.69) is 5.32 Å². The minimum atomic E-state index is -3.39. The first kappa shape index (κ1) is 17.9. The third kappa shape index (κ3) is 5.28. The number of amides is 1. The van der Waals surface area contributed by atoms with Crippen LogP contribution >= 0.6 is 0 Å². The number of nitrogens with one attached hydrogen (secondary N) is 1. The minimum absolute atomic E-state index is 0.0238. The van der Waals surface area contributed by atoms with E-state index in [1.807, 2.05) is 0 Å². The molecule has 0 aromatic carbocycles. The summed E-state index contributed by atoms with van der Waals surface area (Å²) in [6.07, 6.45) is 2.01. The van der Waals surface area contributed by atoms with Crippen molar-refractivity contribution in [2.24, 2.45) is 0 Å². The first-order valence-corrected chi connectivity index (χ1v) is 8.90. The van der Waals surface area contributed by atoms with Gasteiger partial charge in [0.2, 0.25) is 15.9 Å². The van der Waals surface area contributed by atoms with Crippen LogP contribution in [0.1, 0.15) is 46.0 Å². The van der Waals surface area contributed by atoms with Gasteiger partial charge < -0.3 is 10.4 Å². The largest absolute Gasteiger partial charge is 0.481 e. The van der Waals surface area contributed by atoms with E-state index < -0.39 is 22.0 Å². The molecule has 1 saturated heterocycles. The Labute approximate surface area is 125 Å². The van der Waals surface area contributed by atoms with Crippen molar-refractivity contribution in [3.05, 3.63) is 0 Å². The Bertz CT molecular complexity index is 477. The number of carbonyl (C=O) groups excluding carboxylic acids is 1. The second kappa shape index (κ2) is 7.74. The van der Waals surface area contributed by atoms with Gasteiger partial charge in [0.15, 0.2) is 0 Å². The molecule has 2 N–H and O–H groups in total. The number of aliphatic carboxylic acids is 1. The van der Waals surface area contributed by atoms with Gasteiger partial charge >= 0.3 is 5.97 Å². The third-order valence-electron chi connectivity index (χ3n) is 3.51. The van der Waals surface area contributed by atoms with E-state index in [0.29, 0.717) is 32.2 Å². The zero-order valence-electron chi connectivity index (χ0n) is 12.5. The van der Waals surface area contributed by atoms with Gasteiger partial charge in [0.1, 0.15) is 6.04 Å². The Hall–Kier alpha value is -1.15. The van der Waals surface area contributed by atoms with Gasteiger partial charge in [-0.15, -0.1) is 0 Å². The lowest BCUT2D eigenvalue weighted by Gasteiger charge is -2.24. The van der Waals surface area contributed by atoms with Crippen molar-refractivity contribution in [3.63, 3.8) is 0 Å². The topological polar surface area (TPSA) is 104 Å². The van der Waals surface area contributed by atoms with Crippen molar-refractivity contribution in [3.8, 4) is 0 Å². The molecular weight excluding hydrogens is 296 g/mol. The minimum Gasteiger partial charge on any atom is -0.481 e. The molecule has 8 heteroatoms. The summed E-state index contributed by atoms with van der Waals surface area (Å²) in [5.74, 6) is -1.19. The Morgan fingerprint density at radius 3 is 2.67 bits per heavy atom. The highest BCUT2D eigenvalue weighted by atomic mass is 32.2. The van der Waals surface area contributed by atoms with E-state index in [1.165, 1.54) is 4.31 Å². The third-order valence-corrected chi connectivity index (χ3v) is 5.58. The molecule has 1 heterocycles. The molecule has 0 aliphatic carbocycles. The smallest absolute Gasteiger partial charge is 0.303 e.